The van der Waals surface area contributed by atoms with Crippen LogP contribution >= 0.6 is 0 Å². The number of hydrogen-bond acceptors (Lipinski definition) is 0. The summed E-state index contributed by atoms with van der Waals surface area (Å²) in [4.78, 5) is 0. The highest BCUT2D eigenvalue weighted by molar-refractivity contribution is 5.64. The molecule has 3 saturated carbocycles. The second kappa shape index (κ2) is 25.1. The summed E-state index contributed by atoms with van der Waals surface area (Å²) < 4.78 is 31.3. The van der Waals surface area contributed by atoms with Gasteiger partial charge in [-0.2, -0.15) is 0 Å². The monoisotopic (exact) mass is 986 g/mol. The number of benzene rings is 4. The van der Waals surface area contributed by atoms with E-state index in [0.717, 1.165) is 34.6 Å². The molecule has 4 nitrogen and oxygen atoms in total. The Morgan fingerprint density at radius 3 is 1.19 bits per heavy atom. The summed E-state index contributed by atoms with van der Waals surface area (Å²) in [5, 5.41) is 0. The largest absolute Gasteiger partial charge is 0.212 e. The molecule has 3 fully saturated rings. The van der Waals surface area contributed by atoms with Gasteiger partial charge in [0.1, 0.15) is 28.2 Å². The van der Waals surface area contributed by atoms with E-state index >= 15 is 0 Å². The summed E-state index contributed by atoms with van der Waals surface area (Å²) in [6, 6.07) is 47.8. The summed E-state index contributed by atoms with van der Waals surface area (Å²) in [6.07, 6.45) is 25.1. The molecule has 0 unspecified atom stereocenters. The summed E-state index contributed by atoms with van der Waals surface area (Å²) >= 11 is 0. The van der Waals surface area contributed by atoms with E-state index < -0.39 is 6.85 Å². The van der Waals surface area contributed by atoms with Crippen LogP contribution in [0.5, 0.6) is 0 Å². The molecule has 0 saturated heterocycles. The first-order valence-electron chi connectivity index (χ1n) is 29.2. The van der Waals surface area contributed by atoms with Gasteiger partial charge in [0.25, 0.3) is 0 Å². The van der Waals surface area contributed by atoms with Crippen molar-refractivity contribution < 1.29 is 22.4 Å². The van der Waals surface area contributed by atoms with Gasteiger partial charge in [0, 0.05) is 73.4 Å². The molecule has 8 aromatic rings. The summed E-state index contributed by atoms with van der Waals surface area (Å²) in [6.45, 7) is 10.7. The van der Waals surface area contributed by atoms with E-state index in [1.54, 1.807) is 11.8 Å². The zero-order valence-corrected chi connectivity index (χ0v) is 46.5. The molecule has 0 bridgehead atoms. The van der Waals surface area contributed by atoms with Crippen LogP contribution in [0, 0.1) is 48.4 Å². The zero-order chi connectivity index (χ0) is 54.8. The minimum atomic E-state index is -2.06. The van der Waals surface area contributed by atoms with Gasteiger partial charge in [-0.15, -0.1) is 0 Å². The molecule has 4 heteroatoms. The lowest BCUT2D eigenvalue weighted by Gasteiger charge is -2.14. The van der Waals surface area contributed by atoms with Crippen molar-refractivity contribution in [2.75, 3.05) is 0 Å². The average molecular weight is 987 g/mol. The molecule has 11 rings (SSSR count). The first-order chi connectivity index (χ1) is 37.0. The van der Waals surface area contributed by atoms with Gasteiger partial charge in [0.2, 0.25) is 22.8 Å². The second-order valence-corrected chi connectivity index (χ2v) is 21.9. The molecule has 0 N–H and O–H groups in total. The Hall–Kier alpha value is -6.52. The lowest BCUT2D eigenvalue weighted by atomic mass is 9.92. The van der Waals surface area contributed by atoms with Crippen LogP contribution in [0.25, 0.3) is 45.0 Å². The maximum absolute atomic E-state index is 7.55. The Balaban J connectivity index is 0.000000136. The minimum Gasteiger partial charge on any atom is -0.201 e. The molecule has 382 valence electrons. The van der Waals surface area contributed by atoms with Gasteiger partial charge < -0.3 is 0 Å². The third-order valence-electron chi connectivity index (χ3n) is 16.5. The molecule has 0 atom stereocenters. The van der Waals surface area contributed by atoms with Crippen molar-refractivity contribution in [2.45, 2.75) is 143 Å². The number of hydrogen-bond donors (Lipinski definition) is 0. The molecule has 0 amide bonds. The standard InChI is InChI=1S/C19H24N.2C18H22N.C15H18N/c1-14-8-4-7-11-17(14)19-12-18(15(2)13-20(19)3)16-9-5-6-10-16;1-14-7-3-6-10-17(14)18-13-16(11-12-19(18)2)15-8-4-5-9-15;1-14-7-3-6-10-17(14)18-12-11-16(13-19(18)2)15-8-4-5-9-15;1-11-7-5-6-8-14(11)15-9-12(2)13(3)10-16(15)4/h4,7-8,11-13,16H,5-6,9-10H2,1-3H3;2*3,6-7,10-13,15H,4-5,8-9H2,1-2H3;5-10H,1-4H3/q4*+1/i;;;3D3. The Morgan fingerprint density at radius 2 is 0.730 bits per heavy atom. The number of rotatable bonds is 7. The van der Waals surface area contributed by atoms with E-state index in [4.69, 9.17) is 4.11 Å². The molecule has 0 radical (unpaired) electrons. The van der Waals surface area contributed by atoms with E-state index in [2.05, 4.69) is 203 Å². The molecular weight excluding hydrogens is 897 g/mol. The molecule has 4 aromatic heterocycles. The van der Waals surface area contributed by atoms with Gasteiger partial charge in [-0.1, -0.05) is 111 Å². The Kier molecular flexibility index (Phi) is 16.9. The highest BCUT2D eigenvalue weighted by Crippen LogP contribution is 2.38. The highest BCUT2D eigenvalue weighted by atomic mass is 14.9. The number of aryl methyl sites for hydroxylation is 11. The molecule has 4 aromatic carbocycles. The van der Waals surface area contributed by atoms with E-state index in [-0.39, 0.29) is 0 Å². The van der Waals surface area contributed by atoms with Crippen molar-refractivity contribution in [3.63, 3.8) is 0 Å². The number of aromatic nitrogens is 4. The van der Waals surface area contributed by atoms with Crippen molar-refractivity contribution >= 4 is 0 Å². The van der Waals surface area contributed by atoms with Gasteiger partial charge in [-0.3, -0.25) is 0 Å². The first-order valence-corrected chi connectivity index (χ1v) is 27.7. The lowest BCUT2D eigenvalue weighted by molar-refractivity contribution is -0.661. The summed E-state index contributed by atoms with van der Waals surface area (Å²) in [5.74, 6) is 2.35. The van der Waals surface area contributed by atoms with Crippen molar-refractivity contribution in [3.8, 4) is 45.0 Å². The van der Waals surface area contributed by atoms with Gasteiger partial charge >= 0.3 is 0 Å². The smallest absolute Gasteiger partial charge is 0.201 e. The molecule has 4 heterocycles. The van der Waals surface area contributed by atoms with Crippen LogP contribution in [-0.4, -0.2) is 0 Å². The molecule has 3 aliphatic carbocycles. The molecule has 0 aliphatic heterocycles. The predicted molar refractivity (Wildman–Crippen MR) is 309 cm³/mol. The van der Waals surface area contributed by atoms with Crippen LogP contribution < -0.4 is 18.3 Å². The number of nitrogens with zero attached hydrogens (tertiary/aromatic N) is 4. The van der Waals surface area contributed by atoms with Crippen LogP contribution in [0.2, 0.25) is 0 Å². The quantitative estimate of drug-likeness (QED) is 0.141. The fourth-order valence-corrected chi connectivity index (χ4v) is 12.0. The van der Waals surface area contributed by atoms with Crippen molar-refractivity contribution in [2.24, 2.45) is 28.2 Å². The number of pyridine rings is 4. The minimum absolute atomic E-state index is 0.410. The van der Waals surface area contributed by atoms with Crippen molar-refractivity contribution in [3.05, 3.63) is 214 Å². The third kappa shape index (κ3) is 13.0. The average Bonchev–Trinajstić information content (AvgIpc) is 4.27. The fraction of sp³-hybridized carbons (Fsp3) is 0.371. The van der Waals surface area contributed by atoms with Gasteiger partial charge in [0.15, 0.2) is 24.8 Å². The molecule has 0 spiro atoms. The van der Waals surface area contributed by atoms with E-state index in [1.807, 2.05) is 36.7 Å². The molecular formula is C70H86N4+4. The van der Waals surface area contributed by atoms with Crippen molar-refractivity contribution in [1.82, 2.24) is 0 Å². The topological polar surface area (TPSA) is 15.5 Å². The fourth-order valence-electron chi connectivity index (χ4n) is 12.0. The predicted octanol–water partition coefficient (Wildman–Crippen LogP) is 15.8. The third-order valence-corrected chi connectivity index (χ3v) is 16.5. The SMILES string of the molecule is Cc1ccccc1-c1cc(C2CCCC2)c(C)c[n+]1C.Cc1ccccc1-c1cc(C2CCCC2)cc[n+]1C.Cc1ccccc1-c1ccc(C2CCCC2)c[n+]1C.[2H]C([2H])([2H])c1c[n+](C)c(-c2ccccc2C)cc1C. The molecule has 3 aliphatic rings. The normalized spacial score (nSPS) is 15.5. The highest BCUT2D eigenvalue weighted by Gasteiger charge is 2.25. The maximum atomic E-state index is 7.55. The Morgan fingerprint density at radius 1 is 0.338 bits per heavy atom. The second-order valence-electron chi connectivity index (χ2n) is 21.9. The lowest BCUT2D eigenvalue weighted by Crippen LogP contribution is -2.32. The van der Waals surface area contributed by atoms with Crippen LogP contribution in [0.1, 0.15) is 155 Å². The van der Waals surface area contributed by atoms with Crippen LogP contribution in [0.4, 0.5) is 0 Å². The van der Waals surface area contributed by atoms with E-state index in [0.29, 0.717) is 5.56 Å². The van der Waals surface area contributed by atoms with E-state index in [9.17, 15) is 0 Å². The molecule has 74 heavy (non-hydrogen) atoms. The first kappa shape index (κ1) is 49.7. The zero-order valence-electron chi connectivity index (χ0n) is 49.5. The van der Waals surface area contributed by atoms with Gasteiger partial charge in [0.05, 0.1) is 0 Å². The van der Waals surface area contributed by atoms with Crippen LogP contribution in [-0.2, 0) is 28.2 Å². The maximum Gasteiger partial charge on any atom is 0.212 e. The summed E-state index contributed by atoms with van der Waals surface area (Å²) in [7, 11) is 8.35. The van der Waals surface area contributed by atoms with E-state index in [1.165, 1.54) is 150 Å². The van der Waals surface area contributed by atoms with Crippen LogP contribution in [0.15, 0.2) is 158 Å². The Bertz CT molecular complexity index is 3280. The van der Waals surface area contributed by atoms with Gasteiger partial charge in [-0.25, -0.2) is 18.3 Å². The Labute approximate surface area is 450 Å². The summed E-state index contributed by atoms with van der Waals surface area (Å²) in [5.41, 5.74) is 22.7. The van der Waals surface area contributed by atoms with Gasteiger partial charge in [-0.05, 0) is 174 Å². The van der Waals surface area contributed by atoms with Crippen molar-refractivity contribution in [1.29, 1.82) is 0 Å². The van der Waals surface area contributed by atoms with Crippen LogP contribution in [0.3, 0.4) is 0 Å².